The lowest BCUT2D eigenvalue weighted by Gasteiger charge is -2.26. The minimum Gasteiger partial charge on any atom is -0.313 e. The third-order valence-corrected chi connectivity index (χ3v) is 6.47. The first-order valence-corrected chi connectivity index (χ1v) is 9.76. The van der Waals surface area contributed by atoms with Crippen LogP contribution in [0.1, 0.15) is 56.7 Å². The van der Waals surface area contributed by atoms with E-state index in [1.807, 2.05) is 17.8 Å². The van der Waals surface area contributed by atoms with Gasteiger partial charge in [-0.25, -0.2) is 8.42 Å². The molecule has 2 fully saturated rings. The van der Waals surface area contributed by atoms with Gasteiger partial charge in [-0.3, -0.25) is 4.68 Å². The molecule has 1 saturated carbocycles. The van der Waals surface area contributed by atoms with E-state index in [9.17, 15) is 8.42 Å². The van der Waals surface area contributed by atoms with Crippen LogP contribution in [0.5, 0.6) is 0 Å². The fourth-order valence-corrected chi connectivity index (χ4v) is 5.42. The van der Waals surface area contributed by atoms with Crippen LogP contribution in [0.25, 0.3) is 0 Å². The second kappa shape index (κ2) is 5.39. The van der Waals surface area contributed by atoms with E-state index in [2.05, 4.69) is 17.3 Å². The molecule has 1 N–H and O–H groups in total. The summed E-state index contributed by atoms with van der Waals surface area (Å²) < 4.78 is 25.8. The molecule has 21 heavy (non-hydrogen) atoms. The van der Waals surface area contributed by atoms with E-state index in [4.69, 9.17) is 0 Å². The highest BCUT2D eigenvalue weighted by Gasteiger charge is 2.44. The van der Waals surface area contributed by atoms with Gasteiger partial charge in [0.1, 0.15) is 0 Å². The molecule has 1 aliphatic carbocycles. The minimum atomic E-state index is -2.91. The molecule has 1 atom stereocenters. The van der Waals surface area contributed by atoms with Gasteiger partial charge in [-0.2, -0.15) is 5.10 Å². The van der Waals surface area contributed by atoms with Crippen LogP contribution < -0.4 is 5.32 Å². The van der Waals surface area contributed by atoms with E-state index < -0.39 is 9.84 Å². The maximum absolute atomic E-state index is 11.9. The van der Waals surface area contributed by atoms with Gasteiger partial charge in [0, 0.05) is 23.7 Å². The Morgan fingerprint density at radius 3 is 2.81 bits per heavy atom. The Hall–Kier alpha value is -0.880. The Morgan fingerprint density at radius 1 is 1.48 bits per heavy atom. The van der Waals surface area contributed by atoms with Crippen molar-refractivity contribution < 1.29 is 8.42 Å². The average molecular weight is 311 g/mol. The van der Waals surface area contributed by atoms with E-state index in [1.54, 1.807) is 0 Å². The molecule has 1 aromatic heterocycles. The third-order valence-electron chi connectivity index (χ3n) is 4.59. The summed E-state index contributed by atoms with van der Waals surface area (Å²) in [7, 11) is -2.91. The Kier molecular flexibility index (Phi) is 3.86. The van der Waals surface area contributed by atoms with Crippen molar-refractivity contribution in [3.8, 4) is 0 Å². The van der Waals surface area contributed by atoms with Crippen LogP contribution in [0.3, 0.4) is 0 Å². The molecule has 1 saturated heterocycles. The van der Waals surface area contributed by atoms with Crippen molar-refractivity contribution >= 4 is 9.84 Å². The van der Waals surface area contributed by atoms with Crippen LogP contribution in [0.4, 0.5) is 0 Å². The zero-order valence-corrected chi connectivity index (χ0v) is 13.7. The second-order valence-corrected chi connectivity index (χ2v) is 8.94. The van der Waals surface area contributed by atoms with Crippen molar-refractivity contribution in [2.75, 3.05) is 18.1 Å². The van der Waals surface area contributed by atoms with Crippen LogP contribution in [-0.2, 0) is 21.9 Å². The van der Waals surface area contributed by atoms with Gasteiger partial charge in [0.05, 0.1) is 23.2 Å². The van der Waals surface area contributed by atoms with Crippen molar-refractivity contribution in [3.05, 3.63) is 17.5 Å². The average Bonchev–Trinajstić information content (AvgIpc) is 3.09. The van der Waals surface area contributed by atoms with Crippen molar-refractivity contribution in [2.45, 2.75) is 57.5 Å². The van der Waals surface area contributed by atoms with Crippen LogP contribution in [0, 0.1) is 0 Å². The maximum Gasteiger partial charge on any atom is 0.152 e. The van der Waals surface area contributed by atoms with Crippen LogP contribution in [-0.4, -0.2) is 36.2 Å². The van der Waals surface area contributed by atoms with Gasteiger partial charge >= 0.3 is 0 Å². The number of rotatable bonds is 6. The maximum atomic E-state index is 11.9. The summed E-state index contributed by atoms with van der Waals surface area (Å²) in [6.45, 7) is 6.03. The minimum absolute atomic E-state index is 0.225. The highest BCUT2D eigenvalue weighted by molar-refractivity contribution is 7.91. The summed E-state index contributed by atoms with van der Waals surface area (Å²) in [5, 5.41) is 8.02. The monoisotopic (exact) mass is 311 g/mol. The Bertz CT molecular complexity index is 619. The highest BCUT2D eigenvalue weighted by atomic mass is 32.2. The van der Waals surface area contributed by atoms with Gasteiger partial charge in [-0.1, -0.05) is 6.92 Å². The first-order valence-electron chi connectivity index (χ1n) is 7.93. The largest absolute Gasteiger partial charge is 0.313 e. The summed E-state index contributed by atoms with van der Waals surface area (Å²) >= 11 is 0. The molecular formula is C15H25N3O2S. The topological polar surface area (TPSA) is 64.0 Å². The van der Waals surface area contributed by atoms with Gasteiger partial charge in [0.25, 0.3) is 0 Å². The zero-order valence-electron chi connectivity index (χ0n) is 12.9. The summed E-state index contributed by atoms with van der Waals surface area (Å²) in [4.78, 5) is 0. The first kappa shape index (κ1) is 15.0. The Balaban J connectivity index is 1.89. The SMILES string of the molecule is CCCNCc1cnn(C2(C)CCS(=O)(=O)C2)c1C1CC1. The van der Waals surface area contributed by atoms with Gasteiger partial charge in [0.2, 0.25) is 0 Å². The molecule has 0 bridgehead atoms. The summed E-state index contributed by atoms with van der Waals surface area (Å²) in [5.41, 5.74) is 2.16. The molecule has 3 rings (SSSR count). The lowest BCUT2D eigenvalue weighted by atomic mass is 10.0. The van der Waals surface area contributed by atoms with Crippen molar-refractivity contribution in [1.82, 2.24) is 15.1 Å². The number of nitrogens with one attached hydrogen (secondary N) is 1. The van der Waals surface area contributed by atoms with E-state index in [0.717, 1.165) is 19.5 Å². The van der Waals surface area contributed by atoms with Gasteiger partial charge in [-0.05, 0) is 39.2 Å². The molecule has 2 aliphatic rings. The first-order chi connectivity index (χ1) is 9.95. The standard InChI is InChI=1S/C15H25N3O2S/c1-3-7-16-9-13-10-17-18(14(13)12-4-5-12)15(2)6-8-21(19,20)11-15/h10,12,16H,3-9,11H2,1-2H3. The number of aromatic nitrogens is 2. The fourth-order valence-electron chi connectivity index (χ4n) is 3.31. The number of hydrogen-bond donors (Lipinski definition) is 1. The third kappa shape index (κ3) is 3.01. The molecule has 0 aromatic carbocycles. The molecule has 0 spiro atoms. The van der Waals surface area contributed by atoms with Gasteiger partial charge in [0.15, 0.2) is 9.84 Å². The molecule has 0 amide bonds. The molecule has 6 heteroatoms. The number of nitrogens with zero attached hydrogens (tertiary/aromatic N) is 2. The van der Waals surface area contributed by atoms with Gasteiger partial charge < -0.3 is 5.32 Å². The van der Waals surface area contributed by atoms with E-state index in [1.165, 1.54) is 24.1 Å². The predicted molar refractivity (Wildman–Crippen MR) is 83.1 cm³/mol. The van der Waals surface area contributed by atoms with Crippen LogP contribution in [0.2, 0.25) is 0 Å². The Labute approximate surface area is 127 Å². The Morgan fingerprint density at radius 2 is 2.24 bits per heavy atom. The van der Waals surface area contributed by atoms with E-state index >= 15 is 0 Å². The molecule has 118 valence electrons. The van der Waals surface area contributed by atoms with Crippen LogP contribution in [0.15, 0.2) is 6.20 Å². The lowest BCUT2D eigenvalue weighted by molar-refractivity contribution is 0.317. The number of sulfone groups is 1. The van der Waals surface area contributed by atoms with E-state index in [-0.39, 0.29) is 17.0 Å². The van der Waals surface area contributed by atoms with Crippen molar-refractivity contribution in [3.63, 3.8) is 0 Å². The molecule has 5 nitrogen and oxygen atoms in total. The normalized spacial score (nSPS) is 28.1. The molecule has 2 heterocycles. The lowest BCUT2D eigenvalue weighted by Crippen LogP contribution is -2.34. The summed E-state index contributed by atoms with van der Waals surface area (Å²) in [6, 6.07) is 0. The number of hydrogen-bond acceptors (Lipinski definition) is 4. The van der Waals surface area contributed by atoms with E-state index in [0.29, 0.717) is 12.3 Å². The molecule has 0 radical (unpaired) electrons. The summed E-state index contributed by atoms with van der Waals surface area (Å²) in [5.74, 6) is 1.09. The highest BCUT2D eigenvalue weighted by Crippen LogP contribution is 2.44. The molecular weight excluding hydrogens is 286 g/mol. The summed E-state index contributed by atoms with van der Waals surface area (Å²) in [6.07, 6.45) is 6.14. The van der Waals surface area contributed by atoms with Crippen LogP contribution >= 0.6 is 0 Å². The van der Waals surface area contributed by atoms with Crippen molar-refractivity contribution in [2.24, 2.45) is 0 Å². The fraction of sp³-hybridized carbons (Fsp3) is 0.800. The smallest absolute Gasteiger partial charge is 0.152 e. The quantitative estimate of drug-likeness (QED) is 0.814. The molecule has 1 unspecified atom stereocenters. The van der Waals surface area contributed by atoms with Gasteiger partial charge in [-0.15, -0.1) is 0 Å². The van der Waals surface area contributed by atoms with Crippen molar-refractivity contribution in [1.29, 1.82) is 0 Å². The molecule has 1 aromatic rings. The zero-order chi connectivity index (χ0) is 15.1. The second-order valence-electron chi connectivity index (χ2n) is 6.76. The predicted octanol–water partition coefficient (Wildman–Crippen LogP) is 1.79. The molecule has 1 aliphatic heterocycles.